The average Bonchev–Trinajstić information content (AvgIpc) is 2.55. The van der Waals surface area contributed by atoms with Crippen molar-refractivity contribution in [3.05, 3.63) is 35.9 Å². The number of hydrogen-bond acceptors (Lipinski definition) is 0. The Kier molecular flexibility index (Phi) is 1.64. The van der Waals surface area contributed by atoms with Crippen LogP contribution in [0.5, 0.6) is 0 Å². The highest BCUT2D eigenvalue weighted by Gasteiger charge is 2.69. The monoisotopic (exact) mass is 204 g/mol. The van der Waals surface area contributed by atoms with E-state index >= 15 is 0 Å². The molecule has 0 heterocycles. The molecule has 12 heavy (non-hydrogen) atoms. The van der Waals surface area contributed by atoms with Crippen LogP contribution in [0.3, 0.4) is 0 Å². The highest BCUT2D eigenvalue weighted by atomic mass is 35.5. The molecule has 1 aromatic carbocycles. The molecule has 1 saturated carbocycles. The standard InChI is InChI=1S/C9H7Cl2F/c10-9(11)6-8(9,12)7-4-2-1-3-5-7/h1-5H,6H2. The van der Waals surface area contributed by atoms with E-state index in [-0.39, 0.29) is 6.42 Å². The summed E-state index contributed by atoms with van der Waals surface area (Å²) in [5.74, 6) is 0. The van der Waals surface area contributed by atoms with E-state index in [1.165, 1.54) is 0 Å². The van der Waals surface area contributed by atoms with Crippen molar-refractivity contribution >= 4 is 23.2 Å². The van der Waals surface area contributed by atoms with Crippen LogP contribution in [0.4, 0.5) is 4.39 Å². The molecule has 2 rings (SSSR count). The van der Waals surface area contributed by atoms with Gasteiger partial charge in [-0.05, 0) is 5.56 Å². The van der Waals surface area contributed by atoms with Gasteiger partial charge in [0.05, 0.1) is 0 Å². The van der Waals surface area contributed by atoms with Crippen molar-refractivity contribution in [1.82, 2.24) is 0 Å². The topological polar surface area (TPSA) is 0 Å². The second-order valence-corrected chi connectivity index (χ2v) is 4.53. The molecule has 1 aromatic rings. The van der Waals surface area contributed by atoms with Crippen LogP contribution in [0.25, 0.3) is 0 Å². The lowest BCUT2D eigenvalue weighted by atomic mass is 10.1. The maximum atomic E-state index is 13.7. The van der Waals surface area contributed by atoms with E-state index in [2.05, 4.69) is 0 Å². The first-order valence-electron chi connectivity index (χ1n) is 3.68. The second kappa shape index (κ2) is 2.36. The van der Waals surface area contributed by atoms with Crippen LogP contribution in [-0.4, -0.2) is 4.33 Å². The summed E-state index contributed by atoms with van der Waals surface area (Å²) >= 11 is 11.3. The summed E-state index contributed by atoms with van der Waals surface area (Å²) in [6.45, 7) is 0. The fourth-order valence-corrected chi connectivity index (χ4v) is 1.86. The molecule has 3 heteroatoms. The van der Waals surface area contributed by atoms with Crippen molar-refractivity contribution < 1.29 is 4.39 Å². The second-order valence-electron chi connectivity index (χ2n) is 3.05. The Labute approximate surface area is 80.3 Å². The summed E-state index contributed by atoms with van der Waals surface area (Å²) in [7, 11) is 0. The number of rotatable bonds is 1. The van der Waals surface area contributed by atoms with E-state index in [9.17, 15) is 4.39 Å². The first-order chi connectivity index (χ1) is 5.56. The fraction of sp³-hybridized carbons (Fsp3) is 0.333. The molecule has 0 N–H and O–H groups in total. The van der Waals surface area contributed by atoms with Crippen molar-refractivity contribution in [2.45, 2.75) is 16.4 Å². The zero-order chi connectivity index (χ0) is 8.82. The van der Waals surface area contributed by atoms with E-state index in [1.54, 1.807) is 24.3 Å². The molecule has 0 amide bonds. The Morgan fingerprint density at radius 3 is 2.08 bits per heavy atom. The minimum atomic E-state index is -1.53. The molecule has 0 aliphatic heterocycles. The highest BCUT2D eigenvalue weighted by Crippen LogP contribution is 2.65. The van der Waals surface area contributed by atoms with Gasteiger partial charge in [0, 0.05) is 6.42 Å². The van der Waals surface area contributed by atoms with Crippen LogP contribution in [0.2, 0.25) is 0 Å². The molecule has 1 atom stereocenters. The Morgan fingerprint density at radius 1 is 1.17 bits per heavy atom. The number of benzene rings is 1. The van der Waals surface area contributed by atoms with Crippen LogP contribution in [0.15, 0.2) is 30.3 Å². The molecule has 1 fully saturated rings. The summed E-state index contributed by atoms with van der Waals surface area (Å²) in [5, 5.41) is 0. The Hall–Kier alpha value is -0.270. The quantitative estimate of drug-likeness (QED) is 0.616. The average molecular weight is 205 g/mol. The molecule has 1 unspecified atom stereocenters. The third-order valence-corrected chi connectivity index (χ3v) is 3.02. The smallest absolute Gasteiger partial charge is 0.171 e. The maximum absolute atomic E-state index is 13.7. The molecular weight excluding hydrogens is 198 g/mol. The summed E-state index contributed by atoms with van der Waals surface area (Å²) in [4.78, 5) is 0. The van der Waals surface area contributed by atoms with Gasteiger partial charge in [-0.2, -0.15) is 0 Å². The van der Waals surface area contributed by atoms with Crippen LogP contribution in [-0.2, 0) is 5.67 Å². The van der Waals surface area contributed by atoms with Crippen LogP contribution in [0, 0.1) is 0 Å². The van der Waals surface area contributed by atoms with E-state index < -0.39 is 10.0 Å². The van der Waals surface area contributed by atoms with E-state index in [1.807, 2.05) is 6.07 Å². The van der Waals surface area contributed by atoms with E-state index in [0.717, 1.165) is 0 Å². The van der Waals surface area contributed by atoms with Crippen molar-refractivity contribution in [1.29, 1.82) is 0 Å². The minimum Gasteiger partial charge on any atom is -0.235 e. The zero-order valence-electron chi connectivity index (χ0n) is 6.23. The summed E-state index contributed by atoms with van der Waals surface area (Å²) in [5.41, 5.74) is -0.966. The Bertz CT molecular complexity index is 297. The molecule has 0 saturated heterocycles. The molecule has 0 nitrogen and oxygen atoms in total. The van der Waals surface area contributed by atoms with Gasteiger partial charge >= 0.3 is 0 Å². The van der Waals surface area contributed by atoms with Crippen LogP contribution >= 0.6 is 23.2 Å². The van der Waals surface area contributed by atoms with Crippen LogP contribution in [0.1, 0.15) is 12.0 Å². The largest absolute Gasteiger partial charge is 0.235 e. The highest BCUT2D eigenvalue weighted by molar-refractivity contribution is 6.52. The fourth-order valence-electron chi connectivity index (χ4n) is 1.28. The molecular formula is C9H7Cl2F. The molecule has 0 spiro atoms. The number of hydrogen-bond donors (Lipinski definition) is 0. The van der Waals surface area contributed by atoms with Crippen molar-refractivity contribution in [3.63, 3.8) is 0 Å². The lowest BCUT2D eigenvalue weighted by molar-refractivity contribution is 0.312. The van der Waals surface area contributed by atoms with Gasteiger partial charge in [-0.25, -0.2) is 4.39 Å². The van der Waals surface area contributed by atoms with Crippen molar-refractivity contribution in [2.75, 3.05) is 0 Å². The predicted octanol–water partition coefficient (Wildman–Crippen LogP) is 3.43. The van der Waals surface area contributed by atoms with E-state index in [0.29, 0.717) is 5.56 Å². The predicted molar refractivity (Wildman–Crippen MR) is 48.3 cm³/mol. The molecule has 0 bridgehead atoms. The first kappa shape index (κ1) is 8.33. The van der Waals surface area contributed by atoms with Gasteiger partial charge in [0.2, 0.25) is 0 Å². The number of halogens is 3. The summed E-state index contributed by atoms with van der Waals surface area (Å²) < 4.78 is 12.5. The molecule has 1 aliphatic carbocycles. The first-order valence-corrected chi connectivity index (χ1v) is 4.44. The number of alkyl halides is 3. The van der Waals surface area contributed by atoms with Gasteiger partial charge < -0.3 is 0 Å². The third-order valence-electron chi connectivity index (χ3n) is 2.15. The summed E-state index contributed by atoms with van der Waals surface area (Å²) in [6.07, 6.45) is 0.188. The van der Waals surface area contributed by atoms with Crippen molar-refractivity contribution in [2.24, 2.45) is 0 Å². The summed E-state index contributed by atoms with van der Waals surface area (Å²) in [6, 6.07) is 8.79. The lowest BCUT2D eigenvalue weighted by Crippen LogP contribution is -2.07. The normalized spacial score (nSPS) is 31.6. The SMILES string of the molecule is FC1(c2ccccc2)CC1(Cl)Cl. The van der Waals surface area contributed by atoms with Crippen LogP contribution < -0.4 is 0 Å². The Morgan fingerprint density at radius 2 is 1.67 bits per heavy atom. The van der Waals surface area contributed by atoms with Gasteiger partial charge in [0.1, 0.15) is 0 Å². The third kappa shape index (κ3) is 1.04. The van der Waals surface area contributed by atoms with E-state index in [4.69, 9.17) is 23.2 Å². The van der Waals surface area contributed by atoms with Gasteiger partial charge in [-0.15, -0.1) is 0 Å². The van der Waals surface area contributed by atoms with Crippen molar-refractivity contribution in [3.8, 4) is 0 Å². The maximum Gasteiger partial charge on any atom is 0.171 e. The minimum absolute atomic E-state index is 0.188. The molecule has 1 aliphatic rings. The zero-order valence-corrected chi connectivity index (χ0v) is 7.74. The molecule has 0 aromatic heterocycles. The molecule has 64 valence electrons. The van der Waals surface area contributed by atoms with Gasteiger partial charge in [0.25, 0.3) is 0 Å². The lowest BCUT2D eigenvalue weighted by Gasteiger charge is -2.07. The van der Waals surface area contributed by atoms with Gasteiger partial charge in [-0.3, -0.25) is 0 Å². The molecule has 0 radical (unpaired) electrons. The van der Waals surface area contributed by atoms with Gasteiger partial charge in [-0.1, -0.05) is 53.5 Å². The van der Waals surface area contributed by atoms with Gasteiger partial charge in [0.15, 0.2) is 10.0 Å². The Balaban J connectivity index is 2.35.